The van der Waals surface area contributed by atoms with Crippen LogP contribution in [-0.4, -0.2) is 40.7 Å². The molecule has 0 atom stereocenters. The highest BCUT2D eigenvalue weighted by Crippen LogP contribution is 2.28. The Kier molecular flexibility index (Phi) is 4.32. The molecule has 1 saturated heterocycles. The minimum absolute atomic E-state index is 0.192. The molecule has 1 aliphatic heterocycles. The summed E-state index contributed by atoms with van der Waals surface area (Å²) >= 11 is 0. The summed E-state index contributed by atoms with van der Waals surface area (Å²) in [5.41, 5.74) is 0.219. The molecule has 0 amide bonds. The van der Waals surface area contributed by atoms with Gasteiger partial charge in [-0.05, 0) is 28.5 Å². The molecule has 0 N–H and O–H groups in total. The Balaban J connectivity index is 1.82. The summed E-state index contributed by atoms with van der Waals surface area (Å²) in [6.45, 7) is 2.01. The van der Waals surface area contributed by atoms with Crippen LogP contribution in [0.1, 0.15) is 6.42 Å². The van der Waals surface area contributed by atoms with E-state index in [1.165, 1.54) is 12.4 Å². The van der Waals surface area contributed by atoms with Crippen molar-refractivity contribution >= 4 is 17.3 Å². The Morgan fingerprint density at radius 2 is 1.88 bits per heavy atom. The van der Waals surface area contributed by atoms with Gasteiger partial charge in [0.1, 0.15) is 0 Å². The standard InChI is InChI=1S/C15H17F2N5O2/c1-19-10-18-14(22(23)24)15(19)21-7-3-6-20(8-9-21)12-5-2-4-11(16)13(12)17/h2,4-5,10H,3,6-9H2,1H3. The Morgan fingerprint density at radius 1 is 1.17 bits per heavy atom. The maximum Gasteiger partial charge on any atom is 0.406 e. The third kappa shape index (κ3) is 2.89. The van der Waals surface area contributed by atoms with E-state index in [4.69, 9.17) is 0 Å². The number of anilines is 2. The minimum Gasteiger partial charge on any atom is -0.367 e. The van der Waals surface area contributed by atoms with Crippen LogP contribution in [-0.2, 0) is 7.05 Å². The zero-order valence-corrected chi connectivity index (χ0v) is 13.2. The summed E-state index contributed by atoms with van der Waals surface area (Å²) in [4.78, 5) is 18.1. The van der Waals surface area contributed by atoms with Crippen LogP contribution < -0.4 is 9.80 Å². The molecule has 7 nitrogen and oxygen atoms in total. The number of hydrogen-bond acceptors (Lipinski definition) is 5. The Morgan fingerprint density at radius 3 is 2.62 bits per heavy atom. The van der Waals surface area contributed by atoms with Crippen molar-refractivity contribution in [3.63, 3.8) is 0 Å². The molecule has 24 heavy (non-hydrogen) atoms. The third-order valence-electron chi connectivity index (χ3n) is 4.13. The molecular weight excluding hydrogens is 320 g/mol. The van der Waals surface area contributed by atoms with Crippen molar-refractivity contribution in [3.8, 4) is 0 Å². The van der Waals surface area contributed by atoms with E-state index < -0.39 is 16.6 Å². The molecular formula is C15H17F2N5O2. The van der Waals surface area contributed by atoms with E-state index in [2.05, 4.69) is 4.98 Å². The lowest BCUT2D eigenvalue weighted by Crippen LogP contribution is -2.32. The highest BCUT2D eigenvalue weighted by atomic mass is 19.2. The zero-order chi connectivity index (χ0) is 17.3. The van der Waals surface area contributed by atoms with Crippen LogP contribution in [0.15, 0.2) is 24.5 Å². The lowest BCUT2D eigenvalue weighted by atomic mass is 10.2. The molecule has 1 fully saturated rings. The number of aromatic nitrogens is 2. The van der Waals surface area contributed by atoms with Crippen molar-refractivity contribution in [1.29, 1.82) is 0 Å². The second kappa shape index (κ2) is 6.42. The predicted molar refractivity (Wildman–Crippen MR) is 85.3 cm³/mol. The van der Waals surface area contributed by atoms with E-state index in [0.29, 0.717) is 38.4 Å². The highest BCUT2D eigenvalue weighted by Gasteiger charge is 2.27. The Hall–Kier alpha value is -2.71. The van der Waals surface area contributed by atoms with Gasteiger partial charge in [0.2, 0.25) is 12.1 Å². The largest absolute Gasteiger partial charge is 0.406 e. The van der Waals surface area contributed by atoms with Gasteiger partial charge >= 0.3 is 5.82 Å². The summed E-state index contributed by atoms with van der Waals surface area (Å²) in [7, 11) is 1.70. The van der Waals surface area contributed by atoms with Gasteiger partial charge in [-0.15, -0.1) is 0 Å². The molecule has 0 saturated carbocycles. The molecule has 0 aliphatic carbocycles. The summed E-state index contributed by atoms with van der Waals surface area (Å²) < 4.78 is 29.0. The SMILES string of the molecule is Cn1cnc([N+](=O)[O-])c1N1CCCN(c2cccc(F)c2F)CC1. The van der Waals surface area contributed by atoms with Crippen LogP contribution in [0.25, 0.3) is 0 Å². The average molecular weight is 337 g/mol. The number of nitrogens with zero attached hydrogens (tertiary/aromatic N) is 5. The molecule has 0 spiro atoms. The van der Waals surface area contributed by atoms with Crippen molar-refractivity contribution in [2.75, 3.05) is 36.0 Å². The van der Waals surface area contributed by atoms with E-state index in [0.717, 1.165) is 6.07 Å². The normalized spacial score (nSPS) is 15.5. The van der Waals surface area contributed by atoms with E-state index in [1.54, 1.807) is 22.6 Å². The Bertz CT molecular complexity index is 764. The van der Waals surface area contributed by atoms with E-state index in [9.17, 15) is 18.9 Å². The number of rotatable bonds is 3. The number of imidazole rings is 1. The average Bonchev–Trinajstić information content (AvgIpc) is 2.78. The van der Waals surface area contributed by atoms with Crippen molar-refractivity contribution in [3.05, 3.63) is 46.3 Å². The second-order valence-electron chi connectivity index (χ2n) is 5.66. The molecule has 0 unspecified atom stereocenters. The monoisotopic (exact) mass is 337 g/mol. The molecule has 1 aliphatic rings. The summed E-state index contributed by atoms with van der Waals surface area (Å²) in [5, 5.41) is 11.1. The first-order chi connectivity index (χ1) is 11.5. The van der Waals surface area contributed by atoms with Crippen molar-refractivity contribution in [1.82, 2.24) is 9.55 Å². The van der Waals surface area contributed by atoms with Crippen LogP contribution >= 0.6 is 0 Å². The van der Waals surface area contributed by atoms with Crippen molar-refractivity contribution in [2.45, 2.75) is 6.42 Å². The predicted octanol–water partition coefficient (Wildman–Crippen LogP) is 2.32. The molecule has 9 heteroatoms. The summed E-state index contributed by atoms with van der Waals surface area (Å²) in [6, 6.07) is 4.10. The first-order valence-electron chi connectivity index (χ1n) is 7.58. The maximum absolute atomic E-state index is 14.0. The van der Waals surface area contributed by atoms with Crippen LogP contribution in [0, 0.1) is 21.7 Å². The molecule has 2 aromatic rings. The number of aryl methyl sites for hydroxylation is 1. The van der Waals surface area contributed by atoms with Gasteiger partial charge in [-0.3, -0.25) is 4.57 Å². The molecule has 3 rings (SSSR count). The molecule has 128 valence electrons. The van der Waals surface area contributed by atoms with Crippen LogP contribution in [0.2, 0.25) is 0 Å². The van der Waals surface area contributed by atoms with E-state index in [1.807, 2.05) is 4.90 Å². The summed E-state index contributed by atoms with van der Waals surface area (Å²) in [6.07, 6.45) is 2.07. The van der Waals surface area contributed by atoms with Crippen LogP contribution in [0.3, 0.4) is 0 Å². The minimum atomic E-state index is -0.879. The number of halogens is 2. The fourth-order valence-corrected chi connectivity index (χ4v) is 3.01. The topological polar surface area (TPSA) is 67.4 Å². The fourth-order valence-electron chi connectivity index (χ4n) is 3.01. The van der Waals surface area contributed by atoms with Gasteiger partial charge in [0.15, 0.2) is 11.6 Å². The summed E-state index contributed by atoms with van der Waals surface area (Å²) in [5.74, 6) is -1.50. The molecule has 1 aromatic heterocycles. The van der Waals surface area contributed by atoms with Crippen LogP contribution in [0.4, 0.5) is 26.1 Å². The second-order valence-corrected chi connectivity index (χ2v) is 5.66. The first-order valence-corrected chi connectivity index (χ1v) is 7.58. The number of benzene rings is 1. The van der Waals surface area contributed by atoms with Gasteiger partial charge in [0.05, 0.1) is 5.69 Å². The van der Waals surface area contributed by atoms with Gasteiger partial charge in [-0.25, -0.2) is 8.78 Å². The number of nitro groups is 1. The molecule has 0 bridgehead atoms. The van der Waals surface area contributed by atoms with Gasteiger partial charge in [-0.1, -0.05) is 6.07 Å². The third-order valence-corrected chi connectivity index (χ3v) is 4.13. The van der Waals surface area contributed by atoms with Gasteiger partial charge in [-0.2, -0.15) is 0 Å². The smallest absolute Gasteiger partial charge is 0.367 e. The lowest BCUT2D eigenvalue weighted by molar-refractivity contribution is -0.388. The van der Waals surface area contributed by atoms with E-state index >= 15 is 0 Å². The molecule has 1 aromatic carbocycles. The van der Waals surface area contributed by atoms with Gasteiger partial charge < -0.3 is 19.9 Å². The maximum atomic E-state index is 14.0. The molecule has 0 radical (unpaired) electrons. The quantitative estimate of drug-likeness (QED) is 0.635. The van der Waals surface area contributed by atoms with Gasteiger partial charge in [0, 0.05) is 33.2 Å². The first kappa shape index (κ1) is 16.2. The zero-order valence-electron chi connectivity index (χ0n) is 13.2. The molecule has 2 heterocycles. The van der Waals surface area contributed by atoms with Crippen LogP contribution in [0.5, 0.6) is 0 Å². The Labute approximate surface area is 137 Å². The van der Waals surface area contributed by atoms with Gasteiger partial charge in [0.25, 0.3) is 0 Å². The van der Waals surface area contributed by atoms with E-state index in [-0.39, 0.29) is 11.5 Å². The highest BCUT2D eigenvalue weighted by molar-refractivity contribution is 5.56. The fraction of sp³-hybridized carbons (Fsp3) is 0.400. The number of hydrogen-bond donors (Lipinski definition) is 0. The van der Waals surface area contributed by atoms with Crippen molar-refractivity contribution < 1.29 is 13.7 Å². The van der Waals surface area contributed by atoms with Crippen molar-refractivity contribution in [2.24, 2.45) is 7.05 Å². The lowest BCUT2D eigenvalue weighted by Gasteiger charge is -2.24.